The standard InChI is InChI=1S/C11H11N3O2/c1-13-8-3-5-9(6-4-8)14-10(7-12)11(15)16-2/h3-6,13H,1-2H3. The van der Waals surface area contributed by atoms with Crippen LogP contribution in [0.2, 0.25) is 0 Å². The topological polar surface area (TPSA) is 74.5 Å². The molecule has 0 amide bonds. The Bertz CT molecular complexity index is 443. The second-order valence-corrected chi connectivity index (χ2v) is 2.86. The molecular weight excluding hydrogens is 206 g/mol. The fourth-order valence-corrected chi connectivity index (χ4v) is 1.04. The van der Waals surface area contributed by atoms with Gasteiger partial charge in [0.15, 0.2) is 0 Å². The molecule has 16 heavy (non-hydrogen) atoms. The molecule has 5 heteroatoms. The van der Waals surface area contributed by atoms with E-state index in [0.717, 1.165) is 5.69 Å². The van der Waals surface area contributed by atoms with E-state index < -0.39 is 5.97 Å². The van der Waals surface area contributed by atoms with Crippen molar-refractivity contribution in [1.82, 2.24) is 0 Å². The first-order valence-corrected chi connectivity index (χ1v) is 4.56. The molecule has 1 aromatic carbocycles. The molecule has 0 saturated carbocycles. The molecule has 1 rings (SSSR count). The molecule has 0 heterocycles. The van der Waals surface area contributed by atoms with E-state index in [0.29, 0.717) is 5.69 Å². The van der Waals surface area contributed by atoms with Gasteiger partial charge in [0.1, 0.15) is 6.07 Å². The number of nitrogens with one attached hydrogen (secondary N) is 1. The van der Waals surface area contributed by atoms with E-state index in [-0.39, 0.29) is 5.71 Å². The van der Waals surface area contributed by atoms with Gasteiger partial charge in [-0.2, -0.15) is 5.26 Å². The third-order valence-corrected chi connectivity index (χ3v) is 1.88. The van der Waals surface area contributed by atoms with Crippen molar-refractivity contribution in [2.75, 3.05) is 19.5 Å². The quantitative estimate of drug-likeness (QED) is 0.615. The second-order valence-electron chi connectivity index (χ2n) is 2.86. The number of rotatable bonds is 3. The van der Waals surface area contributed by atoms with Crippen LogP contribution in [0.15, 0.2) is 29.3 Å². The van der Waals surface area contributed by atoms with Gasteiger partial charge in [0.25, 0.3) is 0 Å². The molecule has 0 atom stereocenters. The number of anilines is 1. The zero-order valence-electron chi connectivity index (χ0n) is 9.02. The van der Waals surface area contributed by atoms with Gasteiger partial charge in [0.2, 0.25) is 5.71 Å². The summed E-state index contributed by atoms with van der Waals surface area (Å²) in [5.41, 5.74) is 1.19. The third-order valence-electron chi connectivity index (χ3n) is 1.88. The number of nitriles is 1. The van der Waals surface area contributed by atoms with Crippen molar-refractivity contribution >= 4 is 23.1 Å². The van der Waals surface area contributed by atoms with Gasteiger partial charge in [-0.15, -0.1) is 0 Å². The Balaban J connectivity index is 2.96. The minimum atomic E-state index is -0.736. The summed E-state index contributed by atoms with van der Waals surface area (Å²) in [6.07, 6.45) is 0. The zero-order chi connectivity index (χ0) is 12.0. The van der Waals surface area contributed by atoms with Gasteiger partial charge in [-0.05, 0) is 24.3 Å². The van der Waals surface area contributed by atoms with Crippen LogP contribution in [-0.2, 0) is 9.53 Å². The molecule has 0 aromatic heterocycles. The summed E-state index contributed by atoms with van der Waals surface area (Å²) in [6.45, 7) is 0. The van der Waals surface area contributed by atoms with E-state index in [1.165, 1.54) is 7.11 Å². The third kappa shape index (κ3) is 2.82. The van der Waals surface area contributed by atoms with Crippen LogP contribution in [0, 0.1) is 11.3 Å². The maximum Gasteiger partial charge on any atom is 0.367 e. The van der Waals surface area contributed by atoms with E-state index in [2.05, 4.69) is 15.0 Å². The lowest BCUT2D eigenvalue weighted by Crippen LogP contribution is -2.13. The van der Waals surface area contributed by atoms with Crippen LogP contribution in [0.5, 0.6) is 0 Å². The normalized spacial score (nSPS) is 10.4. The van der Waals surface area contributed by atoms with Gasteiger partial charge in [-0.25, -0.2) is 9.79 Å². The van der Waals surface area contributed by atoms with E-state index in [1.54, 1.807) is 37.4 Å². The van der Waals surface area contributed by atoms with Gasteiger partial charge in [-0.3, -0.25) is 0 Å². The first-order valence-electron chi connectivity index (χ1n) is 4.56. The maximum absolute atomic E-state index is 11.1. The van der Waals surface area contributed by atoms with Crippen molar-refractivity contribution in [1.29, 1.82) is 5.26 Å². The molecule has 5 nitrogen and oxygen atoms in total. The number of hydrogen-bond acceptors (Lipinski definition) is 5. The Morgan fingerprint density at radius 3 is 2.50 bits per heavy atom. The highest BCUT2D eigenvalue weighted by molar-refractivity contribution is 6.43. The van der Waals surface area contributed by atoms with Gasteiger partial charge < -0.3 is 10.1 Å². The van der Waals surface area contributed by atoms with Crippen LogP contribution in [-0.4, -0.2) is 25.8 Å². The minimum Gasteiger partial charge on any atom is -0.464 e. The SMILES string of the molecule is CNc1ccc(N=C(C#N)C(=O)OC)cc1. The van der Waals surface area contributed by atoms with Crippen molar-refractivity contribution < 1.29 is 9.53 Å². The van der Waals surface area contributed by atoms with Gasteiger partial charge in [-0.1, -0.05) is 0 Å². The fraction of sp³-hybridized carbons (Fsp3) is 0.182. The van der Waals surface area contributed by atoms with Crippen LogP contribution < -0.4 is 5.32 Å². The molecule has 0 bridgehead atoms. The van der Waals surface area contributed by atoms with Crippen LogP contribution in [0.25, 0.3) is 0 Å². The first kappa shape index (κ1) is 11.7. The van der Waals surface area contributed by atoms with Crippen molar-refractivity contribution in [2.45, 2.75) is 0 Å². The zero-order valence-corrected chi connectivity index (χ0v) is 9.02. The molecule has 0 aliphatic carbocycles. The summed E-state index contributed by atoms with van der Waals surface area (Å²) in [5, 5.41) is 11.6. The van der Waals surface area contributed by atoms with Gasteiger partial charge in [0, 0.05) is 12.7 Å². The van der Waals surface area contributed by atoms with Crippen molar-refractivity contribution in [3.05, 3.63) is 24.3 Å². The molecule has 0 radical (unpaired) electrons. The van der Waals surface area contributed by atoms with Gasteiger partial charge >= 0.3 is 5.97 Å². The number of ether oxygens (including phenoxy) is 1. The van der Waals surface area contributed by atoms with E-state index in [9.17, 15) is 4.79 Å². The Labute approximate surface area is 93.4 Å². The number of methoxy groups -OCH3 is 1. The molecule has 0 fully saturated rings. The van der Waals surface area contributed by atoms with E-state index >= 15 is 0 Å². The van der Waals surface area contributed by atoms with Crippen molar-refractivity contribution in [2.24, 2.45) is 4.99 Å². The predicted octanol–water partition coefficient (Wildman–Crippen LogP) is 1.50. The number of carbonyl (C=O) groups is 1. The highest BCUT2D eigenvalue weighted by Gasteiger charge is 2.10. The first-order chi connectivity index (χ1) is 7.71. The fourth-order valence-electron chi connectivity index (χ4n) is 1.04. The lowest BCUT2D eigenvalue weighted by molar-refractivity contribution is -0.132. The molecule has 0 spiro atoms. The molecule has 1 N–H and O–H groups in total. The summed E-state index contributed by atoms with van der Waals surface area (Å²) in [5.74, 6) is -0.736. The summed E-state index contributed by atoms with van der Waals surface area (Å²) in [7, 11) is 3.01. The number of nitrogens with zero attached hydrogens (tertiary/aromatic N) is 2. The van der Waals surface area contributed by atoms with E-state index in [1.807, 2.05) is 0 Å². The molecule has 0 aliphatic rings. The molecular formula is C11H11N3O2. The van der Waals surface area contributed by atoms with Crippen LogP contribution >= 0.6 is 0 Å². The van der Waals surface area contributed by atoms with Crippen LogP contribution in [0.1, 0.15) is 0 Å². The summed E-state index contributed by atoms with van der Waals surface area (Å²) >= 11 is 0. The smallest absolute Gasteiger partial charge is 0.367 e. The number of aliphatic imine (C=N–C) groups is 1. The Hall–Kier alpha value is -2.35. The van der Waals surface area contributed by atoms with Crippen molar-refractivity contribution in [3.8, 4) is 6.07 Å². The molecule has 1 aromatic rings. The Morgan fingerprint density at radius 2 is 2.06 bits per heavy atom. The average molecular weight is 217 g/mol. The Kier molecular flexibility index (Phi) is 4.04. The Morgan fingerprint density at radius 1 is 1.44 bits per heavy atom. The number of carbonyl (C=O) groups excluding carboxylic acids is 1. The number of benzene rings is 1. The highest BCUT2D eigenvalue weighted by Crippen LogP contribution is 2.16. The predicted molar refractivity (Wildman–Crippen MR) is 60.7 cm³/mol. The van der Waals surface area contributed by atoms with Crippen LogP contribution in [0.3, 0.4) is 0 Å². The lowest BCUT2D eigenvalue weighted by Gasteiger charge is -2.00. The largest absolute Gasteiger partial charge is 0.464 e. The summed E-state index contributed by atoms with van der Waals surface area (Å²) < 4.78 is 4.42. The average Bonchev–Trinajstić information content (AvgIpc) is 2.35. The maximum atomic E-state index is 11.1. The van der Waals surface area contributed by atoms with E-state index in [4.69, 9.17) is 5.26 Å². The highest BCUT2D eigenvalue weighted by atomic mass is 16.5. The minimum absolute atomic E-state index is 0.264. The molecule has 0 aliphatic heterocycles. The lowest BCUT2D eigenvalue weighted by atomic mass is 10.3. The van der Waals surface area contributed by atoms with Gasteiger partial charge in [0.05, 0.1) is 12.8 Å². The van der Waals surface area contributed by atoms with Crippen LogP contribution in [0.4, 0.5) is 11.4 Å². The summed E-state index contributed by atoms with van der Waals surface area (Å²) in [6, 6.07) is 8.68. The summed E-state index contributed by atoms with van der Waals surface area (Å²) in [4.78, 5) is 15.0. The monoisotopic (exact) mass is 217 g/mol. The molecule has 0 saturated heterocycles. The van der Waals surface area contributed by atoms with Crippen molar-refractivity contribution in [3.63, 3.8) is 0 Å². The second kappa shape index (κ2) is 5.51. The molecule has 82 valence electrons. The number of hydrogen-bond donors (Lipinski definition) is 1. The molecule has 0 unspecified atom stereocenters. The number of esters is 1.